The number of hydrogen-bond acceptors (Lipinski definition) is 0. The SMILES string of the molecule is F[C]1C(F)(F)C(F)(F)C(F)(F)C(F)(F)C1(F)F. The maximum Gasteiger partial charge on any atom is 0.384 e. The first-order valence-corrected chi connectivity index (χ1v) is 3.58. The lowest BCUT2D eigenvalue weighted by molar-refractivity contribution is -0.440. The predicted octanol–water partition coefficient (Wildman–Crippen LogP) is 3.68. The van der Waals surface area contributed by atoms with Crippen LogP contribution < -0.4 is 0 Å². The van der Waals surface area contributed by atoms with E-state index in [9.17, 15) is 48.3 Å². The summed E-state index contributed by atoms with van der Waals surface area (Å²) in [5, 5.41) is 0. The molecule has 0 aromatic heterocycles. The first-order valence-electron chi connectivity index (χ1n) is 3.58. The van der Waals surface area contributed by atoms with Gasteiger partial charge in [0.2, 0.25) is 0 Å². The van der Waals surface area contributed by atoms with E-state index in [1.807, 2.05) is 0 Å². The van der Waals surface area contributed by atoms with Gasteiger partial charge in [-0.05, 0) is 0 Å². The molecule has 1 rings (SSSR count). The fourth-order valence-corrected chi connectivity index (χ4v) is 1.06. The maximum atomic E-state index is 12.3. The second kappa shape index (κ2) is 2.97. The van der Waals surface area contributed by atoms with Crippen molar-refractivity contribution in [1.29, 1.82) is 0 Å². The first kappa shape index (κ1) is 14.3. The Balaban J connectivity index is 3.56. The van der Waals surface area contributed by atoms with Crippen molar-refractivity contribution in [3.8, 4) is 0 Å². The van der Waals surface area contributed by atoms with Crippen LogP contribution in [0.4, 0.5) is 48.3 Å². The molecule has 1 radical (unpaired) electrons. The van der Waals surface area contributed by atoms with E-state index in [2.05, 4.69) is 0 Å². The van der Waals surface area contributed by atoms with Gasteiger partial charge >= 0.3 is 29.6 Å². The highest BCUT2D eigenvalue weighted by Crippen LogP contribution is 2.67. The summed E-state index contributed by atoms with van der Waals surface area (Å²) in [7, 11) is 0. The van der Waals surface area contributed by atoms with E-state index in [4.69, 9.17) is 0 Å². The van der Waals surface area contributed by atoms with Crippen LogP contribution in [0.15, 0.2) is 0 Å². The third-order valence-electron chi connectivity index (χ3n) is 2.13. The van der Waals surface area contributed by atoms with Crippen molar-refractivity contribution in [2.24, 2.45) is 0 Å². The average Bonchev–Trinajstić information content (AvgIpc) is 2.13. The Labute approximate surface area is 85.4 Å². The number of alkyl halides is 10. The van der Waals surface area contributed by atoms with Gasteiger partial charge in [0, 0.05) is 0 Å². The fourth-order valence-electron chi connectivity index (χ4n) is 1.06. The molecule has 0 unspecified atom stereocenters. The van der Waals surface area contributed by atoms with Gasteiger partial charge in [-0.25, -0.2) is 4.39 Å². The molecule has 0 N–H and O–H groups in total. The molecular formula is C6F11. The van der Waals surface area contributed by atoms with E-state index >= 15 is 0 Å². The summed E-state index contributed by atoms with van der Waals surface area (Å²) in [6, 6.07) is 0. The lowest BCUT2D eigenvalue weighted by Crippen LogP contribution is -2.76. The van der Waals surface area contributed by atoms with E-state index in [-0.39, 0.29) is 0 Å². The average molecular weight is 281 g/mol. The molecule has 0 aliphatic heterocycles. The van der Waals surface area contributed by atoms with Crippen LogP contribution in [0.25, 0.3) is 0 Å². The lowest BCUT2D eigenvalue weighted by atomic mass is 9.81. The molecule has 0 aromatic carbocycles. The Kier molecular flexibility index (Phi) is 2.50. The zero-order valence-corrected chi connectivity index (χ0v) is 7.16. The predicted molar refractivity (Wildman–Crippen MR) is 29.1 cm³/mol. The van der Waals surface area contributed by atoms with Crippen LogP contribution in [0.3, 0.4) is 0 Å². The molecular weight excluding hydrogens is 281 g/mol. The molecule has 17 heavy (non-hydrogen) atoms. The quantitative estimate of drug-likeness (QED) is 0.594. The standard InChI is InChI=1S/C6F11/c7-1-2(8,9)4(12,13)6(16,17)5(14,15)3(1,10)11. The summed E-state index contributed by atoms with van der Waals surface area (Å²) < 4.78 is 135. The number of halogens is 11. The molecule has 0 bridgehead atoms. The van der Waals surface area contributed by atoms with Crippen LogP contribution in [0.1, 0.15) is 0 Å². The molecule has 0 saturated heterocycles. The number of hydrogen-bond donors (Lipinski definition) is 0. The first-order chi connectivity index (χ1) is 7.15. The summed E-state index contributed by atoms with van der Waals surface area (Å²) in [5.74, 6) is -34.5. The molecule has 0 nitrogen and oxygen atoms in total. The molecule has 1 saturated carbocycles. The van der Waals surface area contributed by atoms with Gasteiger partial charge in [0.05, 0.1) is 0 Å². The van der Waals surface area contributed by atoms with E-state index < -0.39 is 35.8 Å². The smallest absolute Gasteiger partial charge is 0.226 e. The largest absolute Gasteiger partial charge is 0.384 e. The molecule has 1 fully saturated rings. The van der Waals surface area contributed by atoms with Gasteiger partial charge < -0.3 is 0 Å². The molecule has 0 amide bonds. The van der Waals surface area contributed by atoms with Gasteiger partial charge in [0.25, 0.3) is 6.17 Å². The zero-order chi connectivity index (χ0) is 14.1. The van der Waals surface area contributed by atoms with Crippen molar-refractivity contribution in [2.45, 2.75) is 29.6 Å². The highest BCUT2D eigenvalue weighted by atomic mass is 19.4. The minimum Gasteiger partial charge on any atom is -0.226 e. The molecule has 101 valence electrons. The van der Waals surface area contributed by atoms with E-state index in [1.54, 1.807) is 0 Å². The van der Waals surface area contributed by atoms with Crippen molar-refractivity contribution < 1.29 is 48.3 Å². The van der Waals surface area contributed by atoms with Crippen molar-refractivity contribution in [3.63, 3.8) is 0 Å². The molecule has 0 spiro atoms. The van der Waals surface area contributed by atoms with Crippen molar-refractivity contribution >= 4 is 0 Å². The van der Waals surface area contributed by atoms with Gasteiger partial charge in [0.15, 0.2) is 0 Å². The Morgan fingerprint density at radius 3 is 0.941 bits per heavy atom. The number of rotatable bonds is 0. The van der Waals surface area contributed by atoms with Gasteiger partial charge in [-0.1, -0.05) is 0 Å². The summed E-state index contributed by atoms with van der Waals surface area (Å²) in [6.45, 7) is 0. The maximum absolute atomic E-state index is 12.3. The van der Waals surface area contributed by atoms with Gasteiger partial charge in [-0.3, -0.25) is 0 Å². The topological polar surface area (TPSA) is 0 Å². The molecule has 0 heterocycles. The van der Waals surface area contributed by atoms with Gasteiger partial charge in [-0.15, -0.1) is 0 Å². The minimum atomic E-state index is -7.11. The Morgan fingerprint density at radius 1 is 0.471 bits per heavy atom. The fraction of sp³-hybridized carbons (Fsp3) is 0.833. The normalized spacial score (nSPS) is 33.4. The molecule has 1 aliphatic carbocycles. The van der Waals surface area contributed by atoms with Crippen molar-refractivity contribution in [3.05, 3.63) is 6.17 Å². The van der Waals surface area contributed by atoms with Crippen molar-refractivity contribution in [1.82, 2.24) is 0 Å². The van der Waals surface area contributed by atoms with E-state index in [1.165, 1.54) is 0 Å². The summed E-state index contributed by atoms with van der Waals surface area (Å²) >= 11 is 0. The molecule has 11 heteroatoms. The molecule has 0 atom stereocenters. The summed E-state index contributed by atoms with van der Waals surface area (Å²) in [5.41, 5.74) is 0. The van der Waals surface area contributed by atoms with E-state index in [0.717, 1.165) is 0 Å². The van der Waals surface area contributed by atoms with Crippen LogP contribution in [-0.2, 0) is 0 Å². The highest BCUT2D eigenvalue weighted by Gasteiger charge is 2.96. The van der Waals surface area contributed by atoms with Crippen LogP contribution in [-0.4, -0.2) is 29.6 Å². The van der Waals surface area contributed by atoms with Gasteiger partial charge in [-0.2, -0.15) is 43.9 Å². The minimum absolute atomic E-state index is 4.49. The third-order valence-corrected chi connectivity index (χ3v) is 2.13. The van der Waals surface area contributed by atoms with Crippen LogP contribution in [0, 0.1) is 6.17 Å². The Hall–Kier alpha value is -0.770. The van der Waals surface area contributed by atoms with E-state index in [0.29, 0.717) is 0 Å². The van der Waals surface area contributed by atoms with Crippen LogP contribution >= 0.6 is 0 Å². The zero-order valence-electron chi connectivity index (χ0n) is 7.16. The van der Waals surface area contributed by atoms with Gasteiger partial charge in [0.1, 0.15) is 0 Å². The second-order valence-corrected chi connectivity index (χ2v) is 3.19. The Morgan fingerprint density at radius 2 is 0.706 bits per heavy atom. The Bertz CT molecular complexity index is 299. The molecule has 0 aromatic rings. The summed E-state index contributed by atoms with van der Waals surface area (Å²) in [4.78, 5) is 0. The van der Waals surface area contributed by atoms with Crippen LogP contribution in [0.2, 0.25) is 0 Å². The summed E-state index contributed by atoms with van der Waals surface area (Å²) in [6.07, 6.45) is -4.49. The monoisotopic (exact) mass is 281 g/mol. The highest BCUT2D eigenvalue weighted by molar-refractivity contribution is 5.27. The lowest BCUT2D eigenvalue weighted by Gasteiger charge is -2.46. The second-order valence-electron chi connectivity index (χ2n) is 3.19. The third kappa shape index (κ3) is 1.20. The molecule has 1 aliphatic rings. The van der Waals surface area contributed by atoms with Crippen molar-refractivity contribution in [2.75, 3.05) is 0 Å². The van der Waals surface area contributed by atoms with Crippen LogP contribution in [0.5, 0.6) is 0 Å².